The lowest BCUT2D eigenvalue weighted by atomic mass is 10.00. The van der Waals surface area contributed by atoms with Crippen molar-refractivity contribution in [2.75, 3.05) is 18.0 Å². The van der Waals surface area contributed by atoms with Gasteiger partial charge in [-0.15, -0.1) is 0 Å². The maximum atomic E-state index is 4.31. The first-order valence-corrected chi connectivity index (χ1v) is 6.23. The molecule has 2 aromatic heterocycles. The fraction of sp³-hybridized carbons (Fsp3) is 0.462. The van der Waals surface area contributed by atoms with E-state index in [0.717, 1.165) is 37.0 Å². The van der Waals surface area contributed by atoms with Crippen LogP contribution in [0.25, 0.3) is 0 Å². The summed E-state index contributed by atoms with van der Waals surface area (Å²) in [5.41, 5.74) is 1.02. The Bertz CT molecular complexity index is 542. The van der Waals surface area contributed by atoms with Gasteiger partial charge in [0.25, 0.3) is 0 Å². The summed E-state index contributed by atoms with van der Waals surface area (Å²) in [5, 5.41) is 0. The Hall–Kier alpha value is -1.91. The molecule has 0 aliphatic carbocycles. The van der Waals surface area contributed by atoms with Crippen LogP contribution in [0.4, 0.5) is 5.82 Å². The predicted octanol–water partition coefficient (Wildman–Crippen LogP) is 1.43. The van der Waals surface area contributed by atoms with Crippen LogP contribution in [0, 0.1) is 19.8 Å². The summed E-state index contributed by atoms with van der Waals surface area (Å²) in [6.45, 7) is 7.22. The van der Waals surface area contributed by atoms with Crippen molar-refractivity contribution in [3.63, 3.8) is 0 Å². The third-order valence-electron chi connectivity index (χ3n) is 3.45. The molecule has 0 unspecified atom stereocenters. The average Bonchev–Trinajstić information content (AvgIpc) is 2.69. The minimum absolute atomic E-state index is 0.688. The van der Waals surface area contributed by atoms with Crippen LogP contribution in [-0.2, 0) is 6.54 Å². The largest absolute Gasteiger partial charge is 0.356 e. The van der Waals surface area contributed by atoms with Crippen LogP contribution in [0.15, 0.2) is 24.8 Å². The standard InChI is InChI=1S/C13H17N5/c1-10-5-13(16-9-15-10)18-7-12(8-18)6-17-4-3-14-11(17)2/h3-5,9,12H,6-8H2,1-2H3. The van der Waals surface area contributed by atoms with E-state index in [2.05, 4.69) is 24.4 Å². The molecule has 0 saturated carbocycles. The van der Waals surface area contributed by atoms with Gasteiger partial charge in [-0.2, -0.15) is 0 Å². The van der Waals surface area contributed by atoms with Gasteiger partial charge in [0.15, 0.2) is 0 Å². The van der Waals surface area contributed by atoms with Gasteiger partial charge in [-0.25, -0.2) is 15.0 Å². The van der Waals surface area contributed by atoms with Gasteiger partial charge >= 0.3 is 0 Å². The molecule has 1 aliphatic heterocycles. The molecule has 0 aromatic carbocycles. The first-order valence-electron chi connectivity index (χ1n) is 6.23. The topological polar surface area (TPSA) is 46.8 Å². The van der Waals surface area contributed by atoms with E-state index >= 15 is 0 Å². The number of aromatic nitrogens is 4. The summed E-state index contributed by atoms with van der Waals surface area (Å²) in [6.07, 6.45) is 5.55. The van der Waals surface area contributed by atoms with Gasteiger partial charge in [-0.1, -0.05) is 0 Å². The van der Waals surface area contributed by atoms with Crippen LogP contribution in [0.5, 0.6) is 0 Å². The molecule has 0 spiro atoms. The molecule has 0 amide bonds. The zero-order chi connectivity index (χ0) is 12.5. The van der Waals surface area contributed by atoms with E-state index < -0.39 is 0 Å². The molecule has 94 valence electrons. The second-order valence-electron chi connectivity index (χ2n) is 4.92. The SMILES string of the molecule is Cc1cc(N2CC(Cn3ccnc3C)C2)ncn1. The highest BCUT2D eigenvalue weighted by atomic mass is 15.3. The van der Waals surface area contributed by atoms with Crippen molar-refractivity contribution in [2.45, 2.75) is 20.4 Å². The molecule has 1 fully saturated rings. The minimum Gasteiger partial charge on any atom is -0.356 e. The smallest absolute Gasteiger partial charge is 0.132 e. The summed E-state index contributed by atoms with van der Waals surface area (Å²) >= 11 is 0. The summed E-state index contributed by atoms with van der Waals surface area (Å²) in [4.78, 5) is 15.0. The highest BCUT2D eigenvalue weighted by Gasteiger charge is 2.28. The Morgan fingerprint density at radius 1 is 1.22 bits per heavy atom. The predicted molar refractivity (Wildman–Crippen MR) is 69.4 cm³/mol. The second kappa shape index (κ2) is 4.40. The molecule has 5 nitrogen and oxygen atoms in total. The number of anilines is 1. The number of hydrogen-bond donors (Lipinski definition) is 0. The molecule has 0 atom stereocenters. The van der Waals surface area contributed by atoms with Crippen LogP contribution >= 0.6 is 0 Å². The van der Waals surface area contributed by atoms with Gasteiger partial charge < -0.3 is 9.47 Å². The van der Waals surface area contributed by atoms with Gasteiger partial charge in [0, 0.05) is 49.7 Å². The molecular weight excluding hydrogens is 226 g/mol. The molecule has 0 bridgehead atoms. The van der Waals surface area contributed by atoms with E-state index in [1.807, 2.05) is 32.3 Å². The van der Waals surface area contributed by atoms with Gasteiger partial charge in [0.2, 0.25) is 0 Å². The Kier molecular flexibility index (Phi) is 2.74. The van der Waals surface area contributed by atoms with Gasteiger partial charge in [0.05, 0.1) is 0 Å². The third kappa shape index (κ3) is 2.08. The number of hydrogen-bond acceptors (Lipinski definition) is 4. The van der Waals surface area contributed by atoms with E-state index in [0.29, 0.717) is 5.92 Å². The van der Waals surface area contributed by atoms with E-state index in [9.17, 15) is 0 Å². The summed E-state index contributed by atoms with van der Waals surface area (Å²) in [6, 6.07) is 2.04. The highest BCUT2D eigenvalue weighted by molar-refractivity contribution is 5.41. The average molecular weight is 243 g/mol. The van der Waals surface area contributed by atoms with Crippen molar-refractivity contribution < 1.29 is 0 Å². The molecular formula is C13H17N5. The summed E-state index contributed by atoms with van der Waals surface area (Å²) in [7, 11) is 0. The third-order valence-corrected chi connectivity index (χ3v) is 3.45. The van der Waals surface area contributed by atoms with Gasteiger partial charge in [-0.3, -0.25) is 0 Å². The van der Waals surface area contributed by atoms with Gasteiger partial charge in [0.1, 0.15) is 18.0 Å². The normalized spacial score (nSPS) is 15.8. The van der Waals surface area contributed by atoms with Gasteiger partial charge in [-0.05, 0) is 13.8 Å². The van der Waals surface area contributed by atoms with E-state index in [-0.39, 0.29) is 0 Å². The molecule has 0 radical (unpaired) electrons. The summed E-state index contributed by atoms with van der Waals surface area (Å²) < 4.78 is 2.22. The Morgan fingerprint density at radius 2 is 2.06 bits per heavy atom. The molecule has 18 heavy (non-hydrogen) atoms. The Labute approximate surface area is 107 Å². The number of rotatable bonds is 3. The minimum atomic E-state index is 0.688. The Balaban J connectivity index is 1.59. The zero-order valence-electron chi connectivity index (χ0n) is 10.7. The van der Waals surface area contributed by atoms with Crippen LogP contribution < -0.4 is 4.90 Å². The van der Waals surface area contributed by atoms with E-state index in [4.69, 9.17) is 0 Å². The Morgan fingerprint density at radius 3 is 2.72 bits per heavy atom. The van der Waals surface area contributed by atoms with Crippen LogP contribution in [0.3, 0.4) is 0 Å². The molecule has 2 aromatic rings. The fourth-order valence-electron chi connectivity index (χ4n) is 2.36. The maximum Gasteiger partial charge on any atom is 0.132 e. The first-order chi connectivity index (χ1) is 8.72. The van der Waals surface area contributed by atoms with Crippen molar-refractivity contribution >= 4 is 5.82 Å². The lowest BCUT2D eigenvalue weighted by Crippen LogP contribution is -2.49. The lowest BCUT2D eigenvalue weighted by molar-refractivity contribution is 0.352. The quantitative estimate of drug-likeness (QED) is 0.818. The fourth-order valence-corrected chi connectivity index (χ4v) is 2.36. The van der Waals surface area contributed by atoms with E-state index in [1.165, 1.54) is 0 Å². The highest BCUT2D eigenvalue weighted by Crippen LogP contribution is 2.24. The van der Waals surface area contributed by atoms with Crippen molar-refractivity contribution in [3.8, 4) is 0 Å². The molecule has 5 heteroatoms. The van der Waals surface area contributed by atoms with Crippen molar-refractivity contribution in [3.05, 3.63) is 36.3 Å². The van der Waals surface area contributed by atoms with Crippen molar-refractivity contribution in [1.29, 1.82) is 0 Å². The van der Waals surface area contributed by atoms with Crippen LogP contribution in [-0.4, -0.2) is 32.6 Å². The molecule has 1 saturated heterocycles. The maximum absolute atomic E-state index is 4.31. The second-order valence-corrected chi connectivity index (χ2v) is 4.92. The molecule has 0 N–H and O–H groups in total. The molecule has 3 rings (SSSR count). The number of nitrogens with zero attached hydrogens (tertiary/aromatic N) is 5. The van der Waals surface area contributed by atoms with E-state index in [1.54, 1.807) is 6.33 Å². The zero-order valence-corrected chi connectivity index (χ0v) is 10.7. The lowest BCUT2D eigenvalue weighted by Gasteiger charge is -2.40. The summed E-state index contributed by atoms with van der Waals surface area (Å²) in [5.74, 6) is 2.82. The van der Waals surface area contributed by atoms with Crippen molar-refractivity contribution in [2.24, 2.45) is 5.92 Å². The molecule has 3 heterocycles. The van der Waals surface area contributed by atoms with Crippen molar-refractivity contribution in [1.82, 2.24) is 19.5 Å². The van der Waals surface area contributed by atoms with Crippen LogP contribution in [0.1, 0.15) is 11.5 Å². The monoisotopic (exact) mass is 243 g/mol. The number of imidazole rings is 1. The number of aryl methyl sites for hydroxylation is 2. The molecule has 1 aliphatic rings. The van der Waals surface area contributed by atoms with Crippen LogP contribution in [0.2, 0.25) is 0 Å². The first kappa shape index (κ1) is 11.2.